The highest BCUT2D eigenvalue weighted by molar-refractivity contribution is 5.85. The standard InChI is InChI=1S/C30H48O/c1-19(2)20-11-14-27(5)17-18-29(7)21(25(20)27)9-10-23-28(6)15-13-24(31)26(3,4)22(28)12-16-30(23,29)8/h20-23,25H,1,9-18H2,2-8H3/t20-,21-,22-,23-,25-,27-,28+,29-,30-/m0/s1. The van der Waals surface area contributed by atoms with Crippen LogP contribution in [0.25, 0.3) is 0 Å². The van der Waals surface area contributed by atoms with Crippen molar-refractivity contribution in [3.8, 4) is 0 Å². The molecular formula is C30H48O. The van der Waals surface area contributed by atoms with Crippen LogP contribution in [0.1, 0.15) is 113 Å². The van der Waals surface area contributed by atoms with Crippen LogP contribution in [-0.2, 0) is 4.79 Å². The van der Waals surface area contributed by atoms with Crippen molar-refractivity contribution in [3.05, 3.63) is 12.2 Å². The SMILES string of the molecule is C=C(C)[C@@H]1CC[C@@]2(C)CC[C@@]3(C)[C@@H](CC[C@H]4[C@]5(C)CCC(=O)C(C)(C)[C@@H]5CC[C@@]43C)[C@H]12. The lowest BCUT2D eigenvalue weighted by molar-refractivity contribution is -0.232. The second-order valence-corrected chi connectivity index (χ2v) is 14.5. The van der Waals surface area contributed by atoms with Gasteiger partial charge in [-0.05, 0) is 116 Å². The Bertz CT molecular complexity index is 807. The Morgan fingerprint density at radius 1 is 0.806 bits per heavy atom. The van der Waals surface area contributed by atoms with Crippen molar-refractivity contribution in [2.75, 3.05) is 0 Å². The van der Waals surface area contributed by atoms with Crippen LogP contribution in [0.2, 0.25) is 0 Å². The highest BCUT2D eigenvalue weighted by Gasteiger charge is 2.70. The summed E-state index contributed by atoms with van der Waals surface area (Å²) >= 11 is 0. The monoisotopic (exact) mass is 424 g/mol. The molecule has 0 radical (unpaired) electrons. The topological polar surface area (TPSA) is 17.1 Å². The van der Waals surface area contributed by atoms with Crippen LogP contribution >= 0.6 is 0 Å². The maximum atomic E-state index is 12.9. The van der Waals surface area contributed by atoms with Gasteiger partial charge in [0.1, 0.15) is 5.78 Å². The molecule has 0 saturated heterocycles. The summed E-state index contributed by atoms with van der Waals surface area (Å²) in [5.41, 5.74) is 3.06. The van der Waals surface area contributed by atoms with Crippen LogP contribution < -0.4 is 0 Å². The Hall–Kier alpha value is -0.590. The molecule has 9 atom stereocenters. The third kappa shape index (κ3) is 2.59. The highest BCUT2D eigenvalue weighted by Crippen LogP contribution is 2.77. The zero-order chi connectivity index (χ0) is 22.6. The first-order valence-corrected chi connectivity index (χ1v) is 13.5. The van der Waals surface area contributed by atoms with Gasteiger partial charge in [-0.1, -0.05) is 53.7 Å². The molecule has 0 heterocycles. The smallest absolute Gasteiger partial charge is 0.138 e. The number of hydrogen-bond donors (Lipinski definition) is 0. The van der Waals surface area contributed by atoms with Gasteiger partial charge in [0.25, 0.3) is 0 Å². The molecule has 174 valence electrons. The summed E-state index contributed by atoms with van der Waals surface area (Å²) in [7, 11) is 0. The van der Waals surface area contributed by atoms with Crippen LogP contribution in [0.3, 0.4) is 0 Å². The molecule has 5 aliphatic rings. The Morgan fingerprint density at radius 2 is 1.52 bits per heavy atom. The number of hydrogen-bond acceptors (Lipinski definition) is 1. The molecule has 5 fully saturated rings. The third-order valence-corrected chi connectivity index (χ3v) is 13.2. The van der Waals surface area contributed by atoms with E-state index in [1.54, 1.807) is 0 Å². The van der Waals surface area contributed by atoms with E-state index in [4.69, 9.17) is 0 Å². The van der Waals surface area contributed by atoms with Gasteiger partial charge in [-0.15, -0.1) is 0 Å². The highest BCUT2D eigenvalue weighted by atomic mass is 16.1. The molecule has 0 unspecified atom stereocenters. The maximum Gasteiger partial charge on any atom is 0.138 e. The van der Waals surface area contributed by atoms with Crippen LogP contribution in [0.5, 0.6) is 0 Å². The van der Waals surface area contributed by atoms with E-state index in [-0.39, 0.29) is 5.41 Å². The first kappa shape index (κ1) is 22.2. The molecule has 1 heteroatoms. The second-order valence-electron chi connectivity index (χ2n) is 14.5. The fourth-order valence-electron chi connectivity index (χ4n) is 11.3. The first-order chi connectivity index (χ1) is 14.3. The Labute approximate surface area is 192 Å². The van der Waals surface area contributed by atoms with Crippen LogP contribution in [0, 0.1) is 56.7 Å². The number of carbonyl (C=O) groups excluding carboxylic acids is 1. The lowest BCUT2D eigenvalue weighted by atomic mass is 9.32. The predicted octanol–water partition coefficient (Wildman–Crippen LogP) is 8.23. The van der Waals surface area contributed by atoms with E-state index >= 15 is 0 Å². The zero-order valence-electron chi connectivity index (χ0n) is 21.6. The van der Waals surface area contributed by atoms with Gasteiger partial charge >= 0.3 is 0 Å². The van der Waals surface area contributed by atoms with E-state index in [1.807, 2.05) is 0 Å². The summed E-state index contributed by atoms with van der Waals surface area (Å²) in [5, 5.41) is 0. The summed E-state index contributed by atoms with van der Waals surface area (Å²) in [6.45, 7) is 22.0. The Morgan fingerprint density at radius 3 is 2.19 bits per heavy atom. The van der Waals surface area contributed by atoms with Crippen LogP contribution in [0.15, 0.2) is 12.2 Å². The van der Waals surface area contributed by atoms with Gasteiger partial charge in [0.05, 0.1) is 0 Å². The molecule has 0 spiro atoms. The van der Waals surface area contributed by atoms with E-state index in [0.29, 0.717) is 33.4 Å². The minimum Gasteiger partial charge on any atom is -0.299 e. The van der Waals surface area contributed by atoms with E-state index in [9.17, 15) is 4.79 Å². The molecule has 1 nitrogen and oxygen atoms in total. The number of rotatable bonds is 1. The van der Waals surface area contributed by atoms with Gasteiger partial charge in [0, 0.05) is 11.8 Å². The minimum absolute atomic E-state index is 0.131. The molecule has 0 aromatic heterocycles. The molecule has 5 saturated carbocycles. The molecule has 0 amide bonds. The quantitative estimate of drug-likeness (QED) is 0.387. The van der Waals surface area contributed by atoms with Crippen molar-refractivity contribution >= 4 is 5.78 Å². The molecule has 0 aromatic carbocycles. The van der Waals surface area contributed by atoms with Crippen molar-refractivity contribution in [2.24, 2.45) is 56.7 Å². The van der Waals surface area contributed by atoms with Gasteiger partial charge in [-0.2, -0.15) is 0 Å². The second kappa shape index (κ2) is 6.50. The Kier molecular flexibility index (Phi) is 4.66. The lowest BCUT2D eigenvalue weighted by Gasteiger charge is -2.72. The molecule has 5 aliphatic carbocycles. The number of carbonyl (C=O) groups is 1. The van der Waals surface area contributed by atoms with Crippen molar-refractivity contribution < 1.29 is 4.79 Å². The van der Waals surface area contributed by atoms with E-state index < -0.39 is 0 Å². The molecule has 0 bridgehead atoms. The van der Waals surface area contributed by atoms with E-state index in [0.717, 1.165) is 36.5 Å². The number of fused-ring (bicyclic) bond motifs is 7. The summed E-state index contributed by atoms with van der Waals surface area (Å²) in [5.74, 6) is 4.33. The minimum atomic E-state index is -0.131. The van der Waals surface area contributed by atoms with Gasteiger partial charge in [0.15, 0.2) is 0 Å². The zero-order valence-corrected chi connectivity index (χ0v) is 21.6. The number of Topliss-reactive ketones (excluding diaryl/α,β-unsaturated/α-hetero) is 1. The van der Waals surface area contributed by atoms with Crippen molar-refractivity contribution in [3.63, 3.8) is 0 Å². The van der Waals surface area contributed by atoms with Gasteiger partial charge < -0.3 is 0 Å². The summed E-state index contributed by atoms with van der Waals surface area (Å²) in [4.78, 5) is 12.9. The third-order valence-electron chi connectivity index (χ3n) is 13.2. The lowest BCUT2D eigenvalue weighted by Crippen LogP contribution is -2.66. The van der Waals surface area contributed by atoms with Crippen LogP contribution in [-0.4, -0.2) is 5.78 Å². The van der Waals surface area contributed by atoms with Crippen molar-refractivity contribution in [1.29, 1.82) is 0 Å². The summed E-state index contributed by atoms with van der Waals surface area (Å²) in [6, 6.07) is 0. The van der Waals surface area contributed by atoms with Crippen LogP contribution in [0.4, 0.5) is 0 Å². The van der Waals surface area contributed by atoms with Crippen molar-refractivity contribution in [1.82, 2.24) is 0 Å². The molecular weight excluding hydrogens is 376 g/mol. The van der Waals surface area contributed by atoms with Gasteiger partial charge in [-0.25, -0.2) is 0 Å². The van der Waals surface area contributed by atoms with E-state index in [2.05, 4.69) is 55.0 Å². The maximum absolute atomic E-state index is 12.9. The van der Waals surface area contributed by atoms with Crippen molar-refractivity contribution in [2.45, 2.75) is 113 Å². The average Bonchev–Trinajstić information content (AvgIpc) is 3.04. The fraction of sp³-hybridized carbons (Fsp3) is 0.900. The largest absolute Gasteiger partial charge is 0.299 e. The van der Waals surface area contributed by atoms with Gasteiger partial charge in [-0.3, -0.25) is 4.79 Å². The first-order valence-electron chi connectivity index (χ1n) is 13.5. The van der Waals surface area contributed by atoms with E-state index in [1.165, 1.54) is 56.9 Å². The number of allylic oxidation sites excluding steroid dienone is 1. The molecule has 0 aromatic rings. The molecule has 31 heavy (non-hydrogen) atoms. The fourth-order valence-corrected chi connectivity index (χ4v) is 11.3. The number of ketones is 1. The average molecular weight is 425 g/mol. The molecule has 0 N–H and O–H groups in total. The normalized spacial score (nSPS) is 55.6. The Balaban J connectivity index is 1.55. The molecule has 5 rings (SSSR count). The summed E-state index contributed by atoms with van der Waals surface area (Å²) in [6.07, 6.45) is 13.0. The summed E-state index contributed by atoms with van der Waals surface area (Å²) < 4.78 is 0. The molecule has 0 aliphatic heterocycles. The predicted molar refractivity (Wildman–Crippen MR) is 130 cm³/mol. The van der Waals surface area contributed by atoms with Gasteiger partial charge in [0.2, 0.25) is 0 Å².